The molecule has 1 aromatic carbocycles. The molecule has 4 atom stereocenters. The molecule has 0 saturated carbocycles. The van der Waals surface area contributed by atoms with Crippen LogP contribution < -0.4 is 10.1 Å². The van der Waals surface area contributed by atoms with Crippen molar-refractivity contribution in [2.24, 2.45) is 0 Å². The van der Waals surface area contributed by atoms with Crippen LogP contribution in [0.25, 0.3) is 11.2 Å². The number of hydrogen-bond donors (Lipinski definition) is 7. The lowest BCUT2D eigenvalue weighted by atomic mass is 10.1. The number of aliphatic hydroxyl groups excluding tert-OH is 2. The minimum atomic E-state index is -4.77. The Bertz CT molecular complexity index is 1140. The maximum Gasteiger partial charge on any atom is 0.469 e. The van der Waals surface area contributed by atoms with Crippen molar-refractivity contribution in [3.05, 3.63) is 36.4 Å². The molecule has 172 valence electrons. The number of ether oxygens (including phenoxy) is 2. The number of H-pyrrole nitrogens is 1. The highest BCUT2D eigenvalue weighted by Crippen LogP contribution is 2.37. The number of phenols is 1. The fraction of sp³-hybridized carbons (Fsp3) is 0.353. The van der Waals surface area contributed by atoms with E-state index in [0.717, 1.165) is 0 Å². The lowest BCUT2D eigenvalue weighted by Crippen LogP contribution is -2.35. The van der Waals surface area contributed by atoms with Gasteiger partial charge in [0.25, 0.3) is 0 Å². The number of hydrogen-bond acceptors (Lipinski definition) is 11. The summed E-state index contributed by atoms with van der Waals surface area (Å²) in [5, 5.41) is 33.4. The zero-order chi connectivity index (χ0) is 22.9. The third-order valence-electron chi connectivity index (χ3n) is 4.70. The number of aromatic hydroxyl groups is 1. The van der Waals surface area contributed by atoms with Crippen LogP contribution in [-0.4, -0.2) is 76.3 Å². The van der Waals surface area contributed by atoms with Crippen molar-refractivity contribution in [3.63, 3.8) is 0 Å². The number of fused-ring (bicyclic) bond motifs is 1. The number of aromatic amines is 1. The fourth-order valence-electron chi connectivity index (χ4n) is 3.11. The molecule has 2 aromatic heterocycles. The predicted molar refractivity (Wildman–Crippen MR) is 106 cm³/mol. The van der Waals surface area contributed by atoms with E-state index in [1.54, 1.807) is 0 Å². The summed E-state index contributed by atoms with van der Waals surface area (Å²) >= 11 is 0. The van der Waals surface area contributed by atoms with Crippen molar-refractivity contribution in [1.82, 2.24) is 19.9 Å². The summed E-state index contributed by atoms with van der Waals surface area (Å²) in [5.74, 6) is 0.658. The second-order valence-electron chi connectivity index (χ2n) is 6.90. The Labute approximate surface area is 180 Å². The molecule has 1 fully saturated rings. The van der Waals surface area contributed by atoms with Gasteiger partial charge in [0.05, 0.1) is 12.9 Å². The number of anilines is 1. The molecule has 0 radical (unpaired) electrons. The van der Waals surface area contributed by atoms with Crippen LogP contribution in [-0.2, 0) is 20.4 Å². The van der Waals surface area contributed by atoms with Gasteiger partial charge in [-0.15, -0.1) is 0 Å². The molecule has 32 heavy (non-hydrogen) atoms. The van der Waals surface area contributed by atoms with Gasteiger partial charge in [-0.25, -0.2) is 19.5 Å². The first kappa shape index (κ1) is 22.4. The van der Waals surface area contributed by atoms with Gasteiger partial charge in [-0.1, -0.05) is 0 Å². The van der Waals surface area contributed by atoms with Gasteiger partial charge in [-0.05, 0) is 18.2 Å². The van der Waals surface area contributed by atoms with Crippen LogP contribution in [0.4, 0.5) is 5.82 Å². The number of imidazole rings is 1. The molecule has 1 saturated heterocycles. The highest BCUT2D eigenvalue weighted by Gasteiger charge is 2.45. The number of nitrogens with one attached hydrogen (secondary N) is 2. The van der Waals surface area contributed by atoms with E-state index in [1.807, 2.05) is 0 Å². The summed E-state index contributed by atoms with van der Waals surface area (Å²) < 4.78 is 26.0. The van der Waals surface area contributed by atoms with E-state index in [9.17, 15) is 19.9 Å². The van der Waals surface area contributed by atoms with Crippen LogP contribution in [0.2, 0.25) is 0 Å². The standard InChI is InChI=1S/C17H20N5O9P/c23-10-2-1-9(30-17-14(25)13(24)11(31-17)5-29-32(26,27)28)3-8(10)4-18-15-12-16(20-6-19-12)22-7-21-15/h1-3,6-7,11,13-14,17,23-25H,4-5H2,(H2,26,27,28)(H2,18,19,20,21,22)/t11-,13-,14-,17?/m1/s1. The number of phosphoric acid groups is 1. The topological polar surface area (TPSA) is 212 Å². The number of aromatic nitrogens is 4. The van der Waals surface area contributed by atoms with Gasteiger partial charge in [0.15, 0.2) is 11.5 Å². The van der Waals surface area contributed by atoms with Gasteiger partial charge < -0.3 is 44.9 Å². The molecule has 0 spiro atoms. The Morgan fingerprint density at radius 3 is 2.78 bits per heavy atom. The second-order valence-corrected chi connectivity index (χ2v) is 8.14. The monoisotopic (exact) mass is 469 g/mol. The van der Waals surface area contributed by atoms with E-state index in [0.29, 0.717) is 22.5 Å². The Kier molecular flexibility index (Phi) is 6.26. The van der Waals surface area contributed by atoms with Crippen molar-refractivity contribution < 1.29 is 43.7 Å². The molecule has 3 heterocycles. The predicted octanol–water partition coefficient (Wildman–Crippen LogP) is -0.395. The number of phenolic OH excluding ortho intramolecular Hbond substituents is 1. The molecule has 15 heteroatoms. The van der Waals surface area contributed by atoms with Gasteiger partial charge in [0, 0.05) is 12.1 Å². The first-order chi connectivity index (χ1) is 15.2. The first-order valence-electron chi connectivity index (χ1n) is 9.29. The molecule has 1 aliphatic rings. The van der Waals surface area contributed by atoms with E-state index in [-0.39, 0.29) is 18.0 Å². The maximum atomic E-state index is 10.8. The molecule has 4 rings (SSSR count). The first-order valence-corrected chi connectivity index (χ1v) is 10.8. The van der Waals surface area contributed by atoms with Gasteiger partial charge in [-0.3, -0.25) is 4.52 Å². The van der Waals surface area contributed by atoms with E-state index >= 15 is 0 Å². The van der Waals surface area contributed by atoms with E-state index < -0.39 is 39.0 Å². The molecule has 0 aliphatic carbocycles. The Hall–Kier alpha value is -2.84. The van der Waals surface area contributed by atoms with Gasteiger partial charge in [0.1, 0.15) is 41.7 Å². The molecule has 0 amide bonds. The highest BCUT2D eigenvalue weighted by atomic mass is 31.2. The minimum absolute atomic E-state index is 0.0272. The van der Waals surface area contributed by atoms with E-state index in [4.69, 9.17) is 19.3 Å². The maximum absolute atomic E-state index is 10.8. The third-order valence-corrected chi connectivity index (χ3v) is 5.18. The summed E-state index contributed by atoms with van der Waals surface area (Å²) in [6, 6.07) is 4.30. The average molecular weight is 469 g/mol. The van der Waals surface area contributed by atoms with Crippen LogP contribution in [0, 0.1) is 0 Å². The smallest absolute Gasteiger partial charge is 0.469 e. The highest BCUT2D eigenvalue weighted by molar-refractivity contribution is 7.46. The van der Waals surface area contributed by atoms with Crippen LogP contribution >= 0.6 is 7.82 Å². The normalized spacial score (nSPS) is 23.5. The summed E-state index contributed by atoms with van der Waals surface area (Å²) in [5.41, 5.74) is 1.51. The van der Waals surface area contributed by atoms with Crippen molar-refractivity contribution in [2.75, 3.05) is 11.9 Å². The second kappa shape index (κ2) is 8.96. The average Bonchev–Trinajstić information content (AvgIpc) is 3.33. The molecule has 3 aromatic rings. The summed E-state index contributed by atoms with van der Waals surface area (Å²) in [4.78, 5) is 32.7. The minimum Gasteiger partial charge on any atom is -0.508 e. The summed E-state index contributed by atoms with van der Waals surface area (Å²) in [7, 11) is -4.77. The Morgan fingerprint density at radius 1 is 1.19 bits per heavy atom. The van der Waals surface area contributed by atoms with Gasteiger partial charge in [0.2, 0.25) is 6.29 Å². The SMILES string of the molecule is O=P(O)(O)OC[C@H]1OC(Oc2ccc(O)c(CNc3ncnc4nc[nH]c34)c2)[C@H](O)[C@@H]1O. The number of aliphatic hydroxyl groups is 2. The van der Waals surface area contributed by atoms with E-state index in [2.05, 4.69) is 29.8 Å². The fourth-order valence-corrected chi connectivity index (χ4v) is 3.45. The molecule has 7 N–H and O–H groups in total. The number of benzene rings is 1. The van der Waals surface area contributed by atoms with Crippen LogP contribution in [0.1, 0.15) is 5.56 Å². The van der Waals surface area contributed by atoms with Crippen molar-refractivity contribution in [1.29, 1.82) is 0 Å². The summed E-state index contributed by atoms with van der Waals surface area (Å²) in [6.45, 7) is -0.488. The van der Waals surface area contributed by atoms with Crippen LogP contribution in [0.15, 0.2) is 30.9 Å². The molecule has 14 nitrogen and oxygen atoms in total. The molecular formula is C17H20N5O9P. The number of nitrogens with zero attached hydrogens (tertiary/aromatic N) is 3. The molecular weight excluding hydrogens is 449 g/mol. The Morgan fingerprint density at radius 2 is 2.00 bits per heavy atom. The van der Waals surface area contributed by atoms with Crippen LogP contribution in [0.3, 0.4) is 0 Å². The van der Waals surface area contributed by atoms with Gasteiger partial charge >= 0.3 is 7.82 Å². The van der Waals surface area contributed by atoms with Gasteiger partial charge in [-0.2, -0.15) is 0 Å². The van der Waals surface area contributed by atoms with Crippen molar-refractivity contribution in [2.45, 2.75) is 31.1 Å². The van der Waals surface area contributed by atoms with E-state index in [1.165, 1.54) is 30.9 Å². The zero-order valence-electron chi connectivity index (χ0n) is 16.3. The lowest BCUT2D eigenvalue weighted by Gasteiger charge is -2.18. The lowest BCUT2D eigenvalue weighted by molar-refractivity contribution is -0.116. The molecule has 1 aliphatic heterocycles. The summed E-state index contributed by atoms with van der Waals surface area (Å²) in [6.07, 6.45) is -2.69. The van der Waals surface area contributed by atoms with Crippen LogP contribution in [0.5, 0.6) is 11.5 Å². The number of phosphoric ester groups is 1. The zero-order valence-corrected chi connectivity index (χ0v) is 17.2. The third kappa shape index (κ3) is 4.97. The Balaban J connectivity index is 1.42. The largest absolute Gasteiger partial charge is 0.508 e. The quantitative estimate of drug-likeness (QED) is 0.210. The number of rotatable bonds is 8. The molecule has 0 bridgehead atoms. The van der Waals surface area contributed by atoms with Crippen molar-refractivity contribution >= 4 is 24.8 Å². The molecule has 1 unspecified atom stereocenters. The van der Waals surface area contributed by atoms with Crippen molar-refractivity contribution in [3.8, 4) is 11.5 Å².